The van der Waals surface area contributed by atoms with Gasteiger partial charge in [0.05, 0.1) is 0 Å². The van der Waals surface area contributed by atoms with E-state index in [1.54, 1.807) is 0 Å². The van der Waals surface area contributed by atoms with Gasteiger partial charge in [-0.2, -0.15) is 0 Å². The highest BCUT2D eigenvalue weighted by atomic mass is 32.2. The number of allylic oxidation sites excluding steroid dienone is 1. The molecule has 1 heteroatoms. The lowest BCUT2D eigenvalue weighted by Crippen LogP contribution is -2.10. The predicted molar refractivity (Wildman–Crippen MR) is 58.4 cm³/mol. The van der Waals surface area contributed by atoms with Crippen molar-refractivity contribution in [2.45, 2.75) is 51.2 Å². The standard InChI is InChI=1S/C11H20S/c1-3-5-7-11-10(6-4-2)8-9-12-11/h8-11H,3-7H2,1-2H3. The van der Waals surface area contributed by atoms with Gasteiger partial charge in [0.1, 0.15) is 0 Å². The van der Waals surface area contributed by atoms with Crippen molar-refractivity contribution in [3.63, 3.8) is 0 Å². The van der Waals surface area contributed by atoms with Crippen molar-refractivity contribution in [2.24, 2.45) is 5.92 Å². The third-order valence-electron chi connectivity index (χ3n) is 2.52. The number of rotatable bonds is 5. The number of thioether (sulfide) groups is 1. The van der Waals surface area contributed by atoms with Crippen LogP contribution in [0.25, 0.3) is 0 Å². The minimum absolute atomic E-state index is 0.881. The van der Waals surface area contributed by atoms with Crippen molar-refractivity contribution < 1.29 is 0 Å². The molecule has 0 saturated carbocycles. The third kappa shape index (κ3) is 2.85. The zero-order valence-corrected chi connectivity index (χ0v) is 9.07. The average Bonchev–Trinajstić information content (AvgIpc) is 2.50. The van der Waals surface area contributed by atoms with Gasteiger partial charge in [-0.25, -0.2) is 0 Å². The van der Waals surface area contributed by atoms with E-state index in [1.807, 2.05) is 11.8 Å². The minimum atomic E-state index is 0.881. The Balaban J connectivity index is 2.24. The van der Waals surface area contributed by atoms with Crippen molar-refractivity contribution in [2.75, 3.05) is 0 Å². The molecule has 0 spiro atoms. The lowest BCUT2D eigenvalue weighted by molar-refractivity contribution is 0.523. The molecule has 0 fully saturated rings. The highest BCUT2D eigenvalue weighted by Gasteiger charge is 2.21. The molecule has 0 radical (unpaired) electrons. The first kappa shape index (κ1) is 10.2. The molecule has 0 amide bonds. The van der Waals surface area contributed by atoms with Crippen LogP contribution >= 0.6 is 11.8 Å². The molecule has 70 valence electrons. The van der Waals surface area contributed by atoms with Gasteiger partial charge in [0.15, 0.2) is 0 Å². The second-order valence-electron chi connectivity index (χ2n) is 3.60. The fourth-order valence-corrected chi connectivity index (χ4v) is 3.00. The fourth-order valence-electron chi connectivity index (χ4n) is 1.77. The molecule has 0 aromatic heterocycles. The monoisotopic (exact) mass is 184 g/mol. The molecule has 12 heavy (non-hydrogen) atoms. The normalized spacial score (nSPS) is 28.2. The Bertz CT molecular complexity index is 140. The molecule has 1 heterocycles. The summed E-state index contributed by atoms with van der Waals surface area (Å²) in [6.45, 7) is 4.57. The maximum absolute atomic E-state index is 2.41. The largest absolute Gasteiger partial charge is 0.130 e. The highest BCUT2D eigenvalue weighted by molar-refractivity contribution is 8.03. The van der Waals surface area contributed by atoms with Crippen LogP contribution < -0.4 is 0 Å². The van der Waals surface area contributed by atoms with E-state index < -0.39 is 0 Å². The van der Waals surface area contributed by atoms with Crippen LogP contribution in [0, 0.1) is 5.92 Å². The second kappa shape index (κ2) is 5.69. The summed E-state index contributed by atoms with van der Waals surface area (Å²) in [4.78, 5) is 0. The van der Waals surface area contributed by atoms with E-state index in [0.717, 1.165) is 11.2 Å². The summed E-state index contributed by atoms with van der Waals surface area (Å²) in [5, 5.41) is 3.21. The molecule has 1 aliphatic rings. The molecule has 0 N–H and O–H groups in total. The van der Waals surface area contributed by atoms with E-state index >= 15 is 0 Å². The Morgan fingerprint density at radius 2 is 2.00 bits per heavy atom. The second-order valence-corrected chi connectivity index (χ2v) is 4.75. The number of hydrogen-bond acceptors (Lipinski definition) is 1. The Morgan fingerprint density at radius 3 is 2.67 bits per heavy atom. The fraction of sp³-hybridized carbons (Fsp3) is 0.818. The summed E-state index contributed by atoms with van der Waals surface area (Å²) in [7, 11) is 0. The SMILES string of the molecule is CCCCC1SC=CC1CCC. The average molecular weight is 184 g/mol. The lowest BCUT2D eigenvalue weighted by atomic mass is 9.96. The first-order valence-electron chi connectivity index (χ1n) is 5.20. The van der Waals surface area contributed by atoms with Gasteiger partial charge in [0, 0.05) is 5.25 Å². The van der Waals surface area contributed by atoms with Crippen molar-refractivity contribution in [3.05, 3.63) is 11.5 Å². The highest BCUT2D eigenvalue weighted by Crippen LogP contribution is 2.35. The summed E-state index contributed by atoms with van der Waals surface area (Å²) in [6, 6.07) is 0. The molecule has 0 nitrogen and oxygen atoms in total. The molecule has 0 aliphatic carbocycles. The molecule has 1 aliphatic heterocycles. The van der Waals surface area contributed by atoms with Gasteiger partial charge >= 0.3 is 0 Å². The quantitative estimate of drug-likeness (QED) is 0.616. The number of hydrogen-bond donors (Lipinski definition) is 0. The van der Waals surface area contributed by atoms with E-state index in [1.165, 1.54) is 32.1 Å². The molecule has 0 aromatic rings. The maximum atomic E-state index is 2.41. The Hall–Kier alpha value is 0.0900. The molecule has 1 rings (SSSR count). The van der Waals surface area contributed by atoms with Gasteiger partial charge in [-0.1, -0.05) is 39.2 Å². The molecule has 0 saturated heterocycles. The van der Waals surface area contributed by atoms with E-state index in [-0.39, 0.29) is 0 Å². The summed E-state index contributed by atoms with van der Waals surface area (Å²) in [6.07, 6.45) is 9.29. The molecule has 2 atom stereocenters. The summed E-state index contributed by atoms with van der Waals surface area (Å²) in [5.74, 6) is 0.881. The van der Waals surface area contributed by atoms with E-state index in [2.05, 4.69) is 25.3 Å². The Labute approximate surface area is 80.8 Å². The van der Waals surface area contributed by atoms with Crippen LogP contribution in [0.15, 0.2) is 11.5 Å². The number of unbranched alkanes of at least 4 members (excludes halogenated alkanes) is 1. The lowest BCUT2D eigenvalue weighted by Gasteiger charge is -2.16. The smallest absolute Gasteiger partial charge is 0.0151 e. The summed E-state index contributed by atoms with van der Waals surface area (Å²) >= 11 is 2.05. The van der Waals surface area contributed by atoms with Crippen molar-refractivity contribution in [1.82, 2.24) is 0 Å². The van der Waals surface area contributed by atoms with Crippen LogP contribution in [0.5, 0.6) is 0 Å². The van der Waals surface area contributed by atoms with Crippen LogP contribution in [0.2, 0.25) is 0 Å². The predicted octanol–water partition coefficient (Wildman–Crippen LogP) is 4.22. The van der Waals surface area contributed by atoms with Crippen LogP contribution in [-0.4, -0.2) is 5.25 Å². The van der Waals surface area contributed by atoms with Gasteiger partial charge < -0.3 is 0 Å². The van der Waals surface area contributed by atoms with Gasteiger partial charge in [-0.05, 0) is 24.2 Å². The van der Waals surface area contributed by atoms with E-state index in [9.17, 15) is 0 Å². The van der Waals surface area contributed by atoms with Gasteiger partial charge in [0.2, 0.25) is 0 Å². The maximum Gasteiger partial charge on any atom is 0.0151 e. The van der Waals surface area contributed by atoms with Gasteiger partial charge in [0.25, 0.3) is 0 Å². The third-order valence-corrected chi connectivity index (χ3v) is 3.77. The molecular formula is C11H20S. The first-order chi connectivity index (χ1) is 5.88. The molecular weight excluding hydrogens is 164 g/mol. The first-order valence-corrected chi connectivity index (χ1v) is 6.14. The zero-order valence-electron chi connectivity index (χ0n) is 8.25. The van der Waals surface area contributed by atoms with Crippen LogP contribution in [0.1, 0.15) is 46.0 Å². The zero-order chi connectivity index (χ0) is 8.81. The van der Waals surface area contributed by atoms with Crippen LogP contribution in [0.4, 0.5) is 0 Å². The van der Waals surface area contributed by atoms with Gasteiger partial charge in [-0.15, -0.1) is 11.8 Å². The summed E-state index contributed by atoms with van der Waals surface area (Å²) < 4.78 is 0. The van der Waals surface area contributed by atoms with Crippen LogP contribution in [-0.2, 0) is 0 Å². The molecule has 2 unspecified atom stereocenters. The summed E-state index contributed by atoms with van der Waals surface area (Å²) in [5.41, 5.74) is 0. The van der Waals surface area contributed by atoms with E-state index in [4.69, 9.17) is 0 Å². The Kier molecular flexibility index (Phi) is 4.82. The van der Waals surface area contributed by atoms with Crippen molar-refractivity contribution >= 4 is 11.8 Å². The van der Waals surface area contributed by atoms with Gasteiger partial charge in [-0.3, -0.25) is 0 Å². The molecule has 0 aromatic carbocycles. The van der Waals surface area contributed by atoms with Crippen molar-refractivity contribution in [3.8, 4) is 0 Å². The van der Waals surface area contributed by atoms with Crippen LogP contribution in [0.3, 0.4) is 0 Å². The molecule has 0 bridgehead atoms. The topological polar surface area (TPSA) is 0 Å². The van der Waals surface area contributed by atoms with Crippen molar-refractivity contribution in [1.29, 1.82) is 0 Å². The van der Waals surface area contributed by atoms with E-state index in [0.29, 0.717) is 0 Å². The minimum Gasteiger partial charge on any atom is -0.130 e. The Morgan fingerprint density at radius 1 is 1.17 bits per heavy atom.